The first kappa shape index (κ1) is 19.0. The van der Waals surface area contributed by atoms with Gasteiger partial charge in [-0.2, -0.15) is 0 Å². The van der Waals surface area contributed by atoms with Crippen molar-refractivity contribution in [3.63, 3.8) is 0 Å². The highest BCUT2D eigenvalue weighted by molar-refractivity contribution is 7.98. The molecular weight excluding hydrogens is 394 g/mol. The molecule has 1 N–H and O–H groups in total. The Bertz CT molecular complexity index is 1070. The molecular formula is C20H21N3O3S2. The Morgan fingerprint density at radius 3 is 2.64 bits per heavy atom. The van der Waals surface area contributed by atoms with Crippen LogP contribution in [0.25, 0.3) is 11.0 Å². The van der Waals surface area contributed by atoms with Crippen LogP contribution in [0.1, 0.15) is 22.3 Å². The molecule has 0 radical (unpaired) electrons. The lowest BCUT2D eigenvalue weighted by Gasteiger charge is -2.23. The molecule has 1 aliphatic rings. The van der Waals surface area contributed by atoms with Crippen molar-refractivity contribution in [3.8, 4) is 0 Å². The third kappa shape index (κ3) is 4.07. The van der Waals surface area contributed by atoms with Gasteiger partial charge in [0.05, 0.1) is 22.5 Å². The zero-order valence-electron chi connectivity index (χ0n) is 15.5. The second-order valence-electron chi connectivity index (χ2n) is 7.02. The van der Waals surface area contributed by atoms with Crippen molar-refractivity contribution in [2.75, 3.05) is 18.6 Å². The number of aromatic amines is 1. The van der Waals surface area contributed by atoms with Crippen molar-refractivity contribution in [3.05, 3.63) is 59.7 Å². The zero-order chi connectivity index (χ0) is 19.7. The first-order valence-electron chi connectivity index (χ1n) is 9.05. The Morgan fingerprint density at radius 2 is 1.96 bits per heavy atom. The fraction of sp³-hybridized carbons (Fsp3) is 0.300. The van der Waals surface area contributed by atoms with E-state index < -0.39 is 9.84 Å². The van der Waals surface area contributed by atoms with E-state index in [2.05, 4.69) is 9.97 Å². The number of nitrogens with one attached hydrogen (secondary N) is 1. The summed E-state index contributed by atoms with van der Waals surface area (Å²) in [6, 6.07) is 15.1. The van der Waals surface area contributed by atoms with Crippen molar-refractivity contribution in [2.45, 2.75) is 23.4 Å². The highest BCUT2D eigenvalue weighted by atomic mass is 32.2. The average Bonchev–Trinajstić information content (AvgIpc) is 3.28. The predicted molar refractivity (Wildman–Crippen MR) is 111 cm³/mol. The van der Waals surface area contributed by atoms with Gasteiger partial charge in [-0.05, 0) is 36.2 Å². The molecule has 1 fully saturated rings. The molecule has 0 bridgehead atoms. The summed E-state index contributed by atoms with van der Waals surface area (Å²) in [6.45, 7) is 0. The zero-order valence-corrected chi connectivity index (χ0v) is 17.1. The summed E-state index contributed by atoms with van der Waals surface area (Å²) < 4.78 is 23.3. The maximum atomic E-state index is 12.6. The largest absolute Gasteiger partial charge is 0.338 e. The molecule has 146 valence electrons. The van der Waals surface area contributed by atoms with Crippen molar-refractivity contribution >= 4 is 38.5 Å². The number of imidazole rings is 1. The minimum Gasteiger partial charge on any atom is -0.338 e. The standard InChI is InChI=1S/C20H21N3O3S2/c1-23(16-10-11-28(25,26)13-16)19(24)15-8-6-14(7-9-15)12-27-20-21-17-4-2-3-5-18(17)22-20/h2-9,16H,10-13H2,1H3,(H,21,22)/t16-/m1/s1. The summed E-state index contributed by atoms with van der Waals surface area (Å²) in [4.78, 5) is 22.0. The average molecular weight is 416 g/mol. The molecule has 0 saturated carbocycles. The smallest absolute Gasteiger partial charge is 0.253 e. The molecule has 2 aromatic carbocycles. The van der Waals surface area contributed by atoms with Gasteiger partial charge in [0.1, 0.15) is 0 Å². The maximum Gasteiger partial charge on any atom is 0.253 e. The van der Waals surface area contributed by atoms with Crippen molar-refractivity contribution in [1.29, 1.82) is 0 Å². The number of carbonyl (C=O) groups is 1. The van der Waals surface area contributed by atoms with Crippen molar-refractivity contribution in [1.82, 2.24) is 14.9 Å². The van der Waals surface area contributed by atoms with E-state index in [4.69, 9.17) is 0 Å². The number of H-pyrrole nitrogens is 1. The van der Waals surface area contributed by atoms with Crippen LogP contribution < -0.4 is 0 Å². The van der Waals surface area contributed by atoms with E-state index in [0.717, 1.165) is 27.5 Å². The van der Waals surface area contributed by atoms with E-state index in [1.165, 1.54) is 0 Å². The Labute approximate surface area is 168 Å². The summed E-state index contributed by atoms with van der Waals surface area (Å²) in [5, 5.41) is 0.864. The third-order valence-corrected chi connectivity index (χ3v) is 7.72. The Balaban J connectivity index is 1.38. The number of hydrogen-bond acceptors (Lipinski definition) is 5. The van der Waals surface area contributed by atoms with Crippen molar-refractivity contribution < 1.29 is 13.2 Å². The molecule has 1 aromatic heterocycles. The van der Waals surface area contributed by atoms with E-state index in [1.807, 2.05) is 36.4 Å². The summed E-state index contributed by atoms with van der Waals surface area (Å²) >= 11 is 1.61. The van der Waals surface area contributed by atoms with Crippen molar-refractivity contribution in [2.24, 2.45) is 0 Å². The fourth-order valence-corrected chi connectivity index (χ4v) is 5.96. The minimum absolute atomic E-state index is 0.0570. The summed E-state index contributed by atoms with van der Waals surface area (Å²) in [7, 11) is -1.33. The minimum atomic E-state index is -3.01. The van der Waals surface area contributed by atoms with Gasteiger partial charge in [-0.1, -0.05) is 36.0 Å². The number of sulfone groups is 1. The first-order valence-corrected chi connectivity index (χ1v) is 11.9. The van der Waals surface area contributed by atoms with Gasteiger partial charge < -0.3 is 9.88 Å². The van der Waals surface area contributed by atoms with Crippen LogP contribution in [0.5, 0.6) is 0 Å². The van der Waals surface area contributed by atoms with E-state index in [0.29, 0.717) is 12.0 Å². The predicted octanol–water partition coefficient (Wildman–Crippen LogP) is 3.11. The van der Waals surface area contributed by atoms with Crippen LogP contribution >= 0.6 is 11.8 Å². The van der Waals surface area contributed by atoms with Crippen LogP contribution in [0.3, 0.4) is 0 Å². The monoisotopic (exact) mass is 415 g/mol. The molecule has 8 heteroatoms. The lowest BCUT2D eigenvalue weighted by atomic mass is 10.1. The van der Waals surface area contributed by atoms with Crippen LogP contribution in [-0.4, -0.2) is 53.8 Å². The molecule has 6 nitrogen and oxygen atoms in total. The quantitative estimate of drug-likeness (QED) is 0.648. The molecule has 0 unspecified atom stereocenters. The lowest BCUT2D eigenvalue weighted by Crippen LogP contribution is -2.37. The number of carbonyl (C=O) groups excluding carboxylic acids is 1. The SMILES string of the molecule is CN(C(=O)c1ccc(CSc2nc3ccccc3[nH]2)cc1)[C@@H]1CCS(=O)(=O)C1. The maximum absolute atomic E-state index is 12.6. The number of hydrogen-bond donors (Lipinski definition) is 1. The Hall–Kier alpha value is -2.32. The number of rotatable bonds is 5. The van der Waals surface area contributed by atoms with Gasteiger partial charge in [-0.3, -0.25) is 4.79 Å². The van der Waals surface area contributed by atoms with Gasteiger partial charge in [0.25, 0.3) is 5.91 Å². The van der Waals surface area contributed by atoms with Gasteiger partial charge in [0, 0.05) is 24.4 Å². The molecule has 3 aromatic rings. The fourth-order valence-electron chi connectivity index (χ4n) is 3.34. The molecule has 1 aliphatic heterocycles. The number of aromatic nitrogens is 2. The van der Waals surface area contributed by atoms with E-state index in [-0.39, 0.29) is 23.5 Å². The van der Waals surface area contributed by atoms with Crippen LogP contribution in [0, 0.1) is 0 Å². The number of amides is 1. The van der Waals surface area contributed by atoms with E-state index in [1.54, 1.807) is 35.8 Å². The van der Waals surface area contributed by atoms with Gasteiger partial charge >= 0.3 is 0 Å². The molecule has 1 saturated heterocycles. The highest BCUT2D eigenvalue weighted by Crippen LogP contribution is 2.24. The Kier molecular flexibility index (Phi) is 5.16. The molecule has 1 atom stereocenters. The summed E-state index contributed by atoms with van der Waals surface area (Å²) in [5.74, 6) is 0.818. The van der Waals surface area contributed by atoms with Gasteiger partial charge in [0.2, 0.25) is 0 Å². The second kappa shape index (κ2) is 7.60. The van der Waals surface area contributed by atoms with E-state index >= 15 is 0 Å². The molecule has 1 amide bonds. The highest BCUT2D eigenvalue weighted by Gasteiger charge is 2.32. The van der Waals surface area contributed by atoms with E-state index in [9.17, 15) is 13.2 Å². The number of benzene rings is 2. The van der Waals surface area contributed by atoms with Gasteiger partial charge in [-0.15, -0.1) is 0 Å². The van der Waals surface area contributed by atoms with Crippen LogP contribution in [0.15, 0.2) is 53.7 Å². The number of thioether (sulfide) groups is 1. The van der Waals surface area contributed by atoms with Crippen LogP contribution in [0.4, 0.5) is 0 Å². The van der Waals surface area contributed by atoms with Crippen LogP contribution in [0.2, 0.25) is 0 Å². The molecule has 28 heavy (non-hydrogen) atoms. The summed E-state index contributed by atoms with van der Waals surface area (Å²) in [5.41, 5.74) is 3.63. The Morgan fingerprint density at radius 1 is 1.21 bits per heavy atom. The third-order valence-electron chi connectivity index (χ3n) is 5.02. The van der Waals surface area contributed by atoms with Gasteiger partial charge in [-0.25, -0.2) is 13.4 Å². The number of para-hydroxylation sites is 2. The molecule has 0 spiro atoms. The topological polar surface area (TPSA) is 83.1 Å². The summed E-state index contributed by atoms with van der Waals surface area (Å²) in [6.07, 6.45) is 0.511. The lowest BCUT2D eigenvalue weighted by molar-refractivity contribution is 0.0747. The van der Waals surface area contributed by atoms with Crippen LogP contribution in [-0.2, 0) is 15.6 Å². The second-order valence-corrected chi connectivity index (χ2v) is 10.2. The molecule has 4 rings (SSSR count). The molecule has 2 heterocycles. The molecule has 0 aliphatic carbocycles. The number of fused-ring (bicyclic) bond motifs is 1. The number of nitrogens with zero attached hydrogens (tertiary/aromatic N) is 2. The first-order chi connectivity index (χ1) is 13.4. The van der Waals surface area contributed by atoms with Gasteiger partial charge in [0.15, 0.2) is 15.0 Å². The normalized spacial score (nSPS) is 18.4.